The molecule has 5 aromatic rings. The summed E-state index contributed by atoms with van der Waals surface area (Å²) in [7, 11) is 5.34. The van der Waals surface area contributed by atoms with E-state index in [4.69, 9.17) is 9.97 Å². The molecule has 0 bridgehead atoms. The van der Waals surface area contributed by atoms with Crippen molar-refractivity contribution < 1.29 is 14.4 Å². The van der Waals surface area contributed by atoms with Crippen LogP contribution in [0, 0.1) is 5.41 Å². The average Bonchev–Trinajstić information content (AvgIpc) is 3.93. The molecule has 1 atom stereocenters. The lowest BCUT2D eigenvalue weighted by Crippen LogP contribution is -2.44. The van der Waals surface area contributed by atoms with Gasteiger partial charge in [0.25, 0.3) is 5.91 Å². The molecule has 4 aromatic heterocycles. The lowest BCUT2D eigenvalue weighted by molar-refractivity contribution is -0.135. The quantitative estimate of drug-likeness (QED) is 0.192. The Labute approximate surface area is 325 Å². The van der Waals surface area contributed by atoms with Crippen LogP contribution < -0.4 is 21.2 Å². The number of hydrogen-bond donors (Lipinski definition) is 2. The molecule has 2 N–H and O–H groups in total. The molecule has 0 radical (unpaired) electrons. The molecule has 14 heteroatoms. The van der Waals surface area contributed by atoms with Crippen LogP contribution in [0.4, 0.5) is 17.5 Å². The lowest BCUT2D eigenvalue weighted by atomic mass is 9.64. The Bertz CT molecular complexity index is 2390. The first-order valence-corrected chi connectivity index (χ1v) is 20.2. The zero-order chi connectivity index (χ0) is 38.7. The number of pyridine rings is 1. The zero-order valence-corrected chi connectivity index (χ0v) is 32.5. The van der Waals surface area contributed by atoms with Gasteiger partial charge in [-0.2, -0.15) is 4.98 Å². The summed E-state index contributed by atoms with van der Waals surface area (Å²) in [6, 6.07) is 11.6. The van der Waals surface area contributed by atoms with Crippen LogP contribution in [0.2, 0.25) is 0 Å². The minimum atomic E-state index is -0.693. The molecule has 14 nitrogen and oxygen atoms in total. The van der Waals surface area contributed by atoms with Crippen LogP contribution in [-0.2, 0) is 16.6 Å². The van der Waals surface area contributed by atoms with Gasteiger partial charge < -0.3 is 19.7 Å². The third kappa shape index (κ3) is 6.32. The van der Waals surface area contributed by atoms with Gasteiger partial charge in [0.2, 0.25) is 17.8 Å². The van der Waals surface area contributed by atoms with E-state index in [0.717, 1.165) is 92.2 Å². The van der Waals surface area contributed by atoms with Crippen LogP contribution in [0.5, 0.6) is 0 Å². The maximum absolute atomic E-state index is 13.5. The molecule has 56 heavy (non-hydrogen) atoms. The summed E-state index contributed by atoms with van der Waals surface area (Å²) in [4.78, 5) is 69.4. The molecule has 2 saturated heterocycles. The maximum atomic E-state index is 13.5. The molecule has 0 unspecified atom stereocenters. The number of hydrogen-bond acceptors (Lipinski definition) is 9. The Kier molecular flexibility index (Phi) is 9.16. The maximum Gasteiger partial charge on any atom is 0.329 e. The highest BCUT2D eigenvalue weighted by Gasteiger charge is 2.39. The standard InChI is InChI=1S/C42H50N10O4/c1-48(2)39(55)33-23-28-25-44-40(47-37(28)51(33)29-7-4-5-8-29)45-34-13-11-27(24-43-34)26-15-17-42(18-16-26)19-21-50(22-20-42)30-9-6-10-31-36(30)49(3)41(56)52(31)32-12-14-35(53)46-38(32)54/h6,9-11,13,23-26,29,32H,4-5,7-8,12,14-22H2,1-3H3,(H,46,53,54)(H,43,44,45,47)/t32-/m0/s1. The molecule has 4 aliphatic rings. The molecule has 4 fully saturated rings. The van der Waals surface area contributed by atoms with Crippen molar-refractivity contribution in [2.45, 2.75) is 95.1 Å². The van der Waals surface area contributed by atoms with Gasteiger partial charge in [-0.05, 0) is 98.9 Å². The number of aryl methyl sites for hydroxylation is 1. The number of imidazole rings is 1. The predicted molar refractivity (Wildman–Crippen MR) is 214 cm³/mol. The summed E-state index contributed by atoms with van der Waals surface area (Å²) in [5, 5.41) is 6.58. The Balaban J connectivity index is 0.845. The molecular formula is C42H50N10O4. The molecule has 2 aliphatic carbocycles. The second-order valence-corrected chi connectivity index (χ2v) is 16.7. The topological polar surface area (TPSA) is 152 Å². The van der Waals surface area contributed by atoms with Crippen molar-refractivity contribution in [2.75, 3.05) is 37.4 Å². The molecule has 2 saturated carbocycles. The predicted octanol–water partition coefficient (Wildman–Crippen LogP) is 5.96. The molecule has 6 heterocycles. The summed E-state index contributed by atoms with van der Waals surface area (Å²) >= 11 is 0. The number of aromatic nitrogens is 6. The zero-order valence-electron chi connectivity index (χ0n) is 32.5. The first-order valence-electron chi connectivity index (χ1n) is 20.2. The summed E-state index contributed by atoms with van der Waals surface area (Å²) in [6.45, 7) is 1.83. The van der Waals surface area contributed by atoms with Gasteiger partial charge in [0.15, 0.2) is 0 Å². The Morgan fingerprint density at radius 1 is 0.911 bits per heavy atom. The number of carbonyl (C=O) groups is 3. The molecule has 1 spiro atoms. The normalized spacial score (nSPS) is 20.6. The molecule has 2 aliphatic heterocycles. The monoisotopic (exact) mass is 758 g/mol. The van der Waals surface area contributed by atoms with Gasteiger partial charge >= 0.3 is 5.69 Å². The van der Waals surface area contributed by atoms with E-state index < -0.39 is 11.9 Å². The van der Waals surface area contributed by atoms with Gasteiger partial charge in [-0.15, -0.1) is 0 Å². The van der Waals surface area contributed by atoms with E-state index in [0.29, 0.717) is 35.2 Å². The van der Waals surface area contributed by atoms with Gasteiger partial charge in [0, 0.05) is 64.5 Å². The van der Waals surface area contributed by atoms with Crippen molar-refractivity contribution in [1.29, 1.82) is 0 Å². The van der Waals surface area contributed by atoms with E-state index in [1.54, 1.807) is 41.4 Å². The van der Waals surface area contributed by atoms with Crippen LogP contribution in [-0.4, -0.2) is 78.5 Å². The third-order valence-electron chi connectivity index (χ3n) is 13.2. The van der Waals surface area contributed by atoms with E-state index >= 15 is 0 Å². The number of amides is 3. The van der Waals surface area contributed by atoms with Gasteiger partial charge in [0.1, 0.15) is 23.2 Å². The molecule has 1 aromatic carbocycles. The number of carbonyl (C=O) groups excluding carboxylic acids is 3. The SMILES string of the molecule is CN(C)C(=O)c1cc2cnc(Nc3ccc(C4CCC5(CC4)CCN(c4cccc6c4n(C)c(=O)n6[C@H]4CCC(=O)NC4=O)CC5)cn3)nc2n1C1CCCC1. The Morgan fingerprint density at radius 3 is 2.38 bits per heavy atom. The highest BCUT2D eigenvalue weighted by molar-refractivity contribution is 6.01. The fourth-order valence-electron chi connectivity index (χ4n) is 10.0. The number of fused-ring (bicyclic) bond motifs is 2. The summed E-state index contributed by atoms with van der Waals surface area (Å²) in [6.07, 6.45) is 15.5. The number of piperidine rings is 2. The van der Waals surface area contributed by atoms with Crippen molar-refractivity contribution in [3.05, 3.63) is 70.5 Å². The number of nitrogens with zero attached hydrogens (tertiary/aromatic N) is 8. The van der Waals surface area contributed by atoms with Gasteiger partial charge in [-0.3, -0.25) is 28.8 Å². The number of benzene rings is 1. The number of para-hydroxylation sites is 1. The highest BCUT2D eigenvalue weighted by Crippen LogP contribution is 2.49. The van der Waals surface area contributed by atoms with Crippen LogP contribution in [0.25, 0.3) is 22.1 Å². The van der Waals surface area contributed by atoms with E-state index in [1.807, 2.05) is 30.5 Å². The van der Waals surface area contributed by atoms with Gasteiger partial charge in [-0.25, -0.2) is 14.8 Å². The second-order valence-electron chi connectivity index (χ2n) is 16.7. The average molecular weight is 759 g/mol. The van der Waals surface area contributed by atoms with E-state index in [1.165, 1.54) is 18.4 Å². The minimum Gasteiger partial charge on any atom is -0.370 e. The van der Waals surface area contributed by atoms with Crippen LogP contribution in [0.3, 0.4) is 0 Å². The molecule has 9 rings (SSSR count). The fourth-order valence-corrected chi connectivity index (χ4v) is 10.0. The van der Waals surface area contributed by atoms with Crippen molar-refractivity contribution in [1.82, 2.24) is 38.9 Å². The summed E-state index contributed by atoms with van der Waals surface area (Å²) in [5.74, 6) is 0.893. The molecular weight excluding hydrogens is 709 g/mol. The van der Waals surface area contributed by atoms with E-state index in [2.05, 4.69) is 37.2 Å². The van der Waals surface area contributed by atoms with Gasteiger partial charge in [0.05, 0.1) is 16.7 Å². The number of anilines is 3. The van der Waals surface area contributed by atoms with Crippen molar-refractivity contribution in [3.63, 3.8) is 0 Å². The highest BCUT2D eigenvalue weighted by atomic mass is 16.2. The van der Waals surface area contributed by atoms with Crippen LogP contribution in [0.15, 0.2) is 53.6 Å². The van der Waals surface area contributed by atoms with Crippen molar-refractivity contribution >= 4 is 57.2 Å². The molecule has 292 valence electrons. The smallest absolute Gasteiger partial charge is 0.329 e. The first-order chi connectivity index (χ1) is 27.1. The Hall–Kier alpha value is -5.53. The van der Waals surface area contributed by atoms with Crippen LogP contribution >= 0.6 is 0 Å². The third-order valence-corrected chi connectivity index (χ3v) is 13.2. The molecule has 3 amide bonds. The Morgan fingerprint density at radius 2 is 1.68 bits per heavy atom. The second kappa shape index (κ2) is 14.2. The summed E-state index contributed by atoms with van der Waals surface area (Å²) < 4.78 is 5.35. The fraction of sp³-hybridized carbons (Fsp3) is 0.500. The first kappa shape index (κ1) is 36.1. The van der Waals surface area contributed by atoms with Crippen molar-refractivity contribution in [3.8, 4) is 0 Å². The summed E-state index contributed by atoms with van der Waals surface area (Å²) in [5.41, 5.74) is 5.37. The number of rotatable bonds is 7. The minimum absolute atomic E-state index is 0.0239. The number of nitrogens with one attached hydrogen (secondary N) is 2. The van der Waals surface area contributed by atoms with E-state index in [-0.39, 0.29) is 30.0 Å². The lowest BCUT2D eigenvalue weighted by Gasteiger charge is -2.46. The number of imide groups is 1. The van der Waals surface area contributed by atoms with Crippen LogP contribution in [0.1, 0.15) is 111 Å². The van der Waals surface area contributed by atoms with Crippen molar-refractivity contribution in [2.24, 2.45) is 12.5 Å². The van der Waals surface area contributed by atoms with E-state index in [9.17, 15) is 19.2 Å². The van der Waals surface area contributed by atoms with Gasteiger partial charge in [-0.1, -0.05) is 25.0 Å². The largest absolute Gasteiger partial charge is 0.370 e.